The Morgan fingerprint density at radius 1 is 1.44 bits per heavy atom. The van der Waals surface area contributed by atoms with Gasteiger partial charge in [0, 0.05) is 19.5 Å². The molecule has 0 aliphatic rings. The second-order valence-electron chi connectivity index (χ2n) is 4.09. The topological polar surface area (TPSA) is 82.6 Å². The molecule has 16 heavy (non-hydrogen) atoms. The molecule has 0 aromatic carbocycles. The van der Waals surface area contributed by atoms with Crippen molar-refractivity contribution < 1.29 is 14.7 Å². The van der Waals surface area contributed by atoms with Gasteiger partial charge < -0.3 is 14.7 Å². The van der Waals surface area contributed by atoms with E-state index in [2.05, 4.69) is 10.1 Å². The Morgan fingerprint density at radius 2 is 2.12 bits per heavy atom. The van der Waals surface area contributed by atoms with Crippen molar-refractivity contribution in [3.63, 3.8) is 0 Å². The van der Waals surface area contributed by atoms with Gasteiger partial charge in [0.05, 0.1) is 19.3 Å². The lowest BCUT2D eigenvalue weighted by Gasteiger charge is -2.26. The molecule has 6 nitrogen and oxygen atoms in total. The van der Waals surface area contributed by atoms with Crippen LogP contribution in [0.3, 0.4) is 0 Å². The van der Waals surface area contributed by atoms with Crippen LogP contribution in [0.4, 0.5) is 0 Å². The predicted molar refractivity (Wildman–Crippen MR) is 57.7 cm³/mol. The van der Waals surface area contributed by atoms with Crippen molar-refractivity contribution in [1.82, 2.24) is 15.0 Å². The summed E-state index contributed by atoms with van der Waals surface area (Å²) in [7, 11) is 0. The molecule has 0 amide bonds. The first-order valence-electron chi connectivity index (χ1n) is 5.35. The Balaban J connectivity index is 2.57. The van der Waals surface area contributed by atoms with Crippen LogP contribution in [0.1, 0.15) is 25.6 Å². The van der Waals surface area contributed by atoms with Crippen LogP contribution in [-0.4, -0.2) is 50.6 Å². The predicted octanol–water partition coefficient (Wildman–Crippen LogP) is -0.0584. The van der Waals surface area contributed by atoms with E-state index >= 15 is 0 Å². The van der Waals surface area contributed by atoms with Crippen LogP contribution >= 0.6 is 0 Å². The maximum Gasteiger partial charge on any atom is 0.223 e. The molecule has 1 heterocycles. The maximum atomic E-state index is 9.40. The van der Waals surface area contributed by atoms with Gasteiger partial charge in [-0.15, -0.1) is 0 Å². The van der Waals surface area contributed by atoms with Crippen LogP contribution in [0, 0.1) is 6.92 Å². The van der Waals surface area contributed by atoms with Gasteiger partial charge in [0.1, 0.15) is 0 Å². The molecule has 0 bridgehead atoms. The van der Waals surface area contributed by atoms with E-state index < -0.39 is 6.10 Å². The van der Waals surface area contributed by atoms with E-state index in [4.69, 9.17) is 9.63 Å². The second kappa shape index (κ2) is 5.93. The first kappa shape index (κ1) is 13.1. The smallest absolute Gasteiger partial charge is 0.223 e. The van der Waals surface area contributed by atoms with Gasteiger partial charge in [-0.2, -0.15) is 4.98 Å². The fraction of sp³-hybridized carbons (Fsp3) is 0.800. The van der Waals surface area contributed by atoms with Crippen molar-refractivity contribution in [1.29, 1.82) is 0 Å². The summed E-state index contributed by atoms with van der Waals surface area (Å²) in [5.41, 5.74) is 0. The molecule has 1 aromatic heterocycles. The summed E-state index contributed by atoms with van der Waals surface area (Å²) in [5, 5.41) is 22.0. The Bertz CT molecular complexity index is 314. The molecule has 1 unspecified atom stereocenters. The third-order valence-electron chi connectivity index (χ3n) is 2.30. The summed E-state index contributed by atoms with van der Waals surface area (Å²) in [6.07, 6.45) is -0.740. The molecule has 6 heteroatoms. The van der Waals surface area contributed by atoms with Gasteiger partial charge in [-0.3, -0.25) is 4.90 Å². The van der Waals surface area contributed by atoms with Crippen molar-refractivity contribution in [3.05, 3.63) is 11.7 Å². The molecular formula is C10H19N3O3. The van der Waals surface area contributed by atoms with Crippen molar-refractivity contribution in [2.75, 3.05) is 13.2 Å². The summed E-state index contributed by atoms with van der Waals surface area (Å²) in [6, 6.07) is 0.236. The average molecular weight is 229 g/mol. The number of hydrogen-bond acceptors (Lipinski definition) is 6. The average Bonchev–Trinajstić information content (AvgIpc) is 2.62. The summed E-state index contributed by atoms with van der Waals surface area (Å²) >= 11 is 0. The fourth-order valence-electron chi connectivity index (χ4n) is 1.37. The maximum absolute atomic E-state index is 9.40. The van der Waals surface area contributed by atoms with Gasteiger partial charge in [-0.05, 0) is 13.8 Å². The minimum Gasteiger partial charge on any atom is -0.394 e. The number of aliphatic hydroxyl groups is 2. The highest BCUT2D eigenvalue weighted by Crippen LogP contribution is 2.06. The standard InChI is InChI=1S/C10H19N3O3/c1-7(2)13(4-9(15)6-14)5-10-11-8(3)16-12-10/h7,9,14-15H,4-6H2,1-3H3. The highest BCUT2D eigenvalue weighted by atomic mass is 16.5. The normalized spacial score (nSPS) is 13.7. The molecule has 0 spiro atoms. The summed E-state index contributed by atoms with van der Waals surface area (Å²) < 4.78 is 4.88. The van der Waals surface area contributed by atoms with Crippen LogP contribution in [0.5, 0.6) is 0 Å². The minimum atomic E-state index is -0.740. The molecule has 0 saturated heterocycles. The lowest BCUT2D eigenvalue weighted by atomic mass is 10.2. The molecule has 0 aliphatic carbocycles. The highest BCUT2D eigenvalue weighted by Gasteiger charge is 2.16. The van der Waals surface area contributed by atoms with Gasteiger partial charge >= 0.3 is 0 Å². The molecular weight excluding hydrogens is 210 g/mol. The van der Waals surface area contributed by atoms with Crippen molar-refractivity contribution in [3.8, 4) is 0 Å². The number of aryl methyl sites for hydroxylation is 1. The van der Waals surface area contributed by atoms with Gasteiger partial charge in [0.15, 0.2) is 5.82 Å². The van der Waals surface area contributed by atoms with Gasteiger partial charge in [-0.1, -0.05) is 5.16 Å². The Labute approximate surface area is 94.9 Å². The number of hydrogen-bond donors (Lipinski definition) is 2. The van der Waals surface area contributed by atoms with Crippen LogP contribution in [0.15, 0.2) is 4.52 Å². The molecule has 0 radical (unpaired) electrons. The molecule has 92 valence electrons. The number of nitrogens with zero attached hydrogens (tertiary/aromatic N) is 3. The molecule has 2 N–H and O–H groups in total. The molecule has 1 atom stereocenters. The van der Waals surface area contributed by atoms with E-state index in [1.165, 1.54) is 0 Å². The lowest BCUT2D eigenvalue weighted by Crippen LogP contribution is -2.38. The van der Waals surface area contributed by atoms with Gasteiger partial charge in [0.25, 0.3) is 0 Å². The Morgan fingerprint density at radius 3 is 2.56 bits per heavy atom. The molecule has 0 aliphatic heterocycles. The number of rotatable bonds is 6. The van der Waals surface area contributed by atoms with Gasteiger partial charge in [-0.25, -0.2) is 0 Å². The van der Waals surface area contributed by atoms with Crippen molar-refractivity contribution in [2.24, 2.45) is 0 Å². The molecule has 0 saturated carbocycles. The van der Waals surface area contributed by atoms with E-state index in [1.807, 2.05) is 18.7 Å². The first-order chi connectivity index (χ1) is 7.52. The monoisotopic (exact) mass is 229 g/mol. The largest absolute Gasteiger partial charge is 0.394 e. The zero-order chi connectivity index (χ0) is 12.1. The third-order valence-corrected chi connectivity index (χ3v) is 2.30. The van der Waals surface area contributed by atoms with Crippen molar-refractivity contribution in [2.45, 2.75) is 39.5 Å². The number of aromatic nitrogens is 2. The zero-order valence-electron chi connectivity index (χ0n) is 9.92. The summed E-state index contributed by atoms with van der Waals surface area (Å²) in [4.78, 5) is 6.08. The quantitative estimate of drug-likeness (QED) is 0.711. The van der Waals surface area contributed by atoms with Crippen LogP contribution in [0.2, 0.25) is 0 Å². The number of aliphatic hydroxyl groups excluding tert-OH is 2. The van der Waals surface area contributed by atoms with Crippen molar-refractivity contribution >= 4 is 0 Å². The third kappa shape index (κ3) is 3.88. The SMILES string of the molecule is Cc1nc(CN(CC(O)CO)C(C)C)no1. The lowest BCUT2D eigenvalue weighted by molar-refractivity contribution is 0.0452. The second-order valence-corrected chi connectivity index (χ2v) is 4.09. The van der Waals surface area contributed by atoms with Crippen LogP contribution < -0.4 is 0 Å². The van der Waals surface area contributed by atoms with E-state index in [0.29, 0.717) is 24.8 Å². The zero-order valence-corrected chi connectivity index (χ0v) is 9.92. The van der Waals surface area contributed by atoms with E-state index in [0.717, 1.165) is 0 Å². The molecule has 1 aromatic rings. The van der Waals surface area contributed by atoms with Crippen LogP contribution in [-0.2, 0) is 6.54 Å². The first-order valence-corrected chi connectivity index (χ1v) is 5.35. The van der Waals surface area contributed by atoms with Crippen LogP contribution in [0.25, 0.3) is 0 Å². The molecule has 0 fully saturated rings. The summed E-state index contributed by atoms with van der Waals surface area (Å²) in [6.45, 7) is 6.41. The van der Waals surface area contributed by atoms with E-state index in [1.54, 1.807) is 6.92 Å². The highest BCUT2D eigenvalue weighted by molar-refractivity contribution is 4.85. The Hall–Kier alpha value is -0.980. The molecule has 1 rings (SSSR count). The van der Waals surface area contributed by atoms with E-state index in [9.17, 15) is 5.11 Å². The summed E-state index contributed by atoms with van der Waals surface area (Å²) in [5.74, 6) is 1.12. The Kier molecular flexibility index (Phi) is 4.85. The van der Waals surface area contributed by atoms with E-state index in [-0.39, 0.29) is 12.6 Å². The fourth-order valence-corrected chi connectivity index (χ4v) is 1.37. The minimum absolute atomic E-state index is 0.236. The van der Waals surface area contributed by atoms with Gasteiger partial charge in [0.2, 0.25) is 5.89 Å².